The van der Waals surface area contributed by atoms with Crippen LogP contribution < -0.4 is 10.6 Å². The van der Waals surface area contributed by atoms with Gasteiger partial charge in [0, 0.05) is 23.6 Å². The first-order chi connectivity index (χ1) is 14.1. The van der Waals surface area contributed by atoms with E-state index in [9.17, 15) is 9.59 Å². The van der Waals surface area contributed by atoms with Crippen molar-refractivity contribution in [3.05, 3.63) is 70.7 Å². The van der Waals surface area contributed by atoms with Gasteiger partial charge >= 0.3 is 0 Å². The summed E-state index contributed by atoms with van der Waals surface area (Å²) >= 11 is 1.35. The van der Waals surface area contributed by atoms with Crippen molar-refractivity contribution in [3.8, 4) is 0 Å². The van der Waals surface area contributed by atoms with Crippen molar-refractivity contribution < 1.29 is 9.59 Å². The normalized spacial score (nSPS) is 10.7. The fourth-order valence-electron chi connectivity index (χ4n) is 2.96. The van der Waals surface area contributed by atoms with E-state index >= 15 is 0 Å². The summed E-state index contributed by atoms with van der Waals surface area (Å²) in [7, 11) is 0. The Morgan fingerprint density at radius 2 is 1.72 bits per heavy atom. The minimum absolute atomic E-state index is 0.0257. The second kappa shape index (κ2) is 9.93. The van der Waals surface area contributed by atoms with Crippen molar-refractivity contribution in [3.63, 3.8) is 0 Å². The quantitative estimate of drug-likeness (QED) is 0.563. The number of nitrogens with one attached hydrogen (secondary N) is 2. The highest BCUT2D eigenvalue weighted by molar-refractivity contribution is 7.15. The lowest BCUT2D eigenvalue weighted by atomic mass is 10.0. The van der Waals surface area contributed by atoms with E-state index in [1.54, 1.807) is 24.3 Å². The number of hydrogen-bond donors (Lipinski definition) is 2. The molecule has 0 aliphatic rings. The van der Waals surface area contributed by atoms with Crippen molar-refractivity contribution in [1.29, 1.82) is 0 Å². The smallest absolute Gasteiger partial charge is 0.257 e. The Bertz CT molecular complexity index is 968. The molecule has 0 radical (unpaired) electrons. The zero-order valence-electron chi connectivity index (χ0n) is 16.5. The van der Waals surface area contributed by atoms with Crippen molar-refractivity contribution in [2.24, 2.45) is 5.92 Å². The van der Waals surface area contributed by atoms with E-state index in [0.717, 1.165) is 23.4 Å². The van der Waals surface area contributed by atoms with E-state index in [-0.39, 0.29) is 17.7 Å². The van der Waals surface area contributed by atoms with Gasteiger partial charge in [0.25, 0.3) is 5.91 Å². The van der Waals surface area contributed by atoms with E-state index in [1.807, 2.05) is 44.2 Å². The third kappa shape index (κ3) is 5.71. The number of rotatable bonds is 8. The number of anilines is 2. The summed E-state index contributed by atoms with van der Waals surface area (Å²) < 4.78 is 0. The average Bonchev–Trinajstić information content (AvgIpc) is 3.16. The van der Waals surface area contributed by atoms with Crippen LogP contribution in [0.2, 0.25) is 0 Å². The lowest BCUT2D eigenvalue weighted by Crippen LogP contribution is -2.22. The predicted octanol–water partition coefficient (Wildman–Crippen LogP) is 4.76. The van der Waals surface area contributed by atoms with Crippen LogP contribution in [0.1, 0.15) is 47.6 Å². The van der Waals surface area contributed by atoms with Gasteiger partial charge in [-0.25, -0.2) is 0 Å². The van der Waals surface area contributed by atoms with E-state index in [1.165, 1.54) is 11.3 Å². The van der Waals surface area contributed by atoms with Gasteiger partial charge in [-0.3, -0.25) is 14.9 Å². The first kappa shape index (κ1) is 20.7. The summed E-state index contributed by atoms with van der Waals surface area (Å²) in [5, 5.41) is 15.2. The molecule has 0 saturated carbocycles. The van der Waals surface area contributed by atoms with Gasteiger partial charge in [-0.2, -0.15) is 0 Å². The van der Waals surface area contributed by atoms with Crippen LogP contribution in [0.4, 0.5) is 10.8 Å². The molecule has 2 aromatic carbocycles. The number of nitrogens with zero attached hydrogens (tertiary/aromatic N) is 2. The number of amides is 2. The lowest BCUT2D eigenvalue weighted by molar-refractivity contribution is -0.120. The molecule has 6 nitrogen and oxygen atoms in total. The Morgan fingerprint density at radius 1 is 0.966 bits per heavy atom. The number of benzene rings is 2. The summed E-state index contributed by atoms with van der Waals surface area (Å²) in [5.41, 5.74) is 2.20. The highest BCUT2D eigenvalue weighted by Crippen LogP contribution is 2.20. The fourth-order valence-corrected chi connectivity index (χ4v) is 3.73. The Morgan fingerprint density at radius 3 is 2.45 bits per heavy atom. The first-order valence-corrected chi connectivity index (χ1v) is 10.5. The summed E-state index contributed by atoms with van der Waals surface area (Å²) in [5.74, 6) is -0.342. The molecule has 0 aliphatic heterocycles. The molecular formula is C22H24N4O2S. The second-order valence-corrected chi connectivity index (χ2v) is 7.76. The largest absolute Gasteiger partial charge is 0.326 e. The molecule has 150 valence electrons. The maximum absolute atomic E-state index is 12.6. The molecule has 0 fully saturated rings. The third-order valence-electron chi connectivity index (χ3n) is 4.63. The highest BCUT2D eigenvalue weighted by Gasteiger charge is 2.15. The molecule has 3 rings (SSSR count). The molecule has 7 heteroatoms. The van der Waals surface area contributed by atoms with Gasteiger partial charge in [0.1, 0.15) is 5.01 Å². The molecule has 0 aliphatic carbocycles. The molecule has 0 bridgehead atoms. The van der Waals surface area contributed by atoms with E-state index in [2.05, 4.69) is 20.8 Å². The number of carbonyl (C=O) groups excluding carboxylic acids is 2. The Labute approximate surface area is 174 Å². The molecule has 1 heterocycles. The molecule has 1 aromatic heterocycles. The van der Waals surface area contributed by atoms with Crippen LogP contribution in [0.15, 0.2) is 54.6 Å². The van der Waals surface area contributed by atoms with Gasteiger partial charge in [-0.15, -0.1) is 10.2 Å². The van der Waals surface area contributed by atoms with Gasteiger partial charge in [-0.1, -0.05) is 61.6 Å². The van der Waals surface area contributed by atoms with Crippen LogP contribution in [-0.4, -0.2) is 22.0 Å². The molecule has 2 N–H and O–H groups in total. The zero-order valence-corrected chi connectivity index (χ0v) is 17.3. The van der Waals surface area contributed by atoms with Crippen molar-refractivity contribution in [2.75, 3.05) is 10.6 Å². The van der Waals surface area contributed by atoms with Crippen LogP contribution in [0, 0.1) is 5.92 Å². The number of carbonyl (C=O) groups is 2. The van der Waals surface area contributed by atoms with Crippen molar-refractivity contribution in [1.82, 2.24) is 10.2 Å². The fraction of sp³-hybridized carbons (Fsp3) is 0.273. The van der Waals surface area contributed by atoms with Crippen LogP contribution in [0.25, 0.3) is 0 Å². The van der Waals surface area contributed by atoms with E-state index in [4.69, 9.17) is 0 Å². The molecule has 0 atom stereocenters. The molecule has 0 spiro atoms. The van der Waals surface area contributed by atoms with Gasteiger partial charge in [0.15, 0.2) is 0 Å². The summed E-state index contributed by atoms with van der Waals surface area (Å²) in [6.07, 6.45) is 2.24. The molecule has 3 aromatic rings. The Kier molecular flexibility index (Phi) is 7.08. The van der Waals surface area contributed by atoms with Crippen molar-refractivity contribution in [2.45, 2.75) is 33.1 Å². The Balaban J connectivity index is 1.63. The monoisotopic (exact) mass is 408 g/mol. The third-order valence-corrected chi connectivity index (χ3v) is 5.47. The first-order valence-electron chi connectivity index (χ1n) is 9.67. The Hall–Kier alpha value is -3.06. The minimum atomic E-state index is -0.286. The predicted molar refractivity (Wildman–Crippen MR) is 116 cm³/mol. The van der Waals surface area contributed by atoms with Gasteiger partial charge in [0.05, 0.1) is 0 Å². The molecule has 2 amide bonds. The zero-order chi connectivity index (χ0) is 20.6. The highest BCUT2D eigenvalue weighted by atomic mass is 32.1. The van der Waals surface area contributed by atoms with Gasteiger partial charge < -0.3 is 5.32 Å². The maximum Gasteiger partial charge on any atom is 0.257 e. The van der Waals surface area contributed by atoms with Crippen LogP contribution in [-0.2, 0) is 11.2 Å². The number of aromatic nitrogens is 2. The topological polar surface area (TPSA) is 84.0 Å². The summed E-state index contributed by atoms with van der Waals surface area (Å²) in [6.45, 7) is 3.98. The van der Waals surface area contributed by atoms with E-state index in [0.29, 0.717) is 22.8 Å². The SMILES string of the molecule is CCC(CC)C(=O)Nc1cccc(C(=O)Nc2nnc(Cc3ccccc3)s2)c1. The molecule has 29 heavy (non-hydrogen) atoms. The van der Waals surface area contributed by atoms with Crippen LogP contribution in [0.3, 0.4) is 0 Å². The van der Waals surface area contributed by atoms with Crippen LogP contribution >= 0.6 is 11.3 Å². The summed E-state index contributed by atoms with van der Waals surface area (Å²) in [4.78, 5) is 24.9. The average molecular weight is 409 g/mol. The maximum atomic E-state index is 12.6. The molecule has 0 unspecified atom stereocenters. The van der Waals surface area contributed by atoms with E-state index < -0.39 is 0 Å². The van der Waals surface area contributed by atoms with Crippen LogP contribution in [0.5, 0.6) is 0 Å². The molecular weight excluding hydrogens is 384 g/mol. The molecule has 0 saturated heterocycles. The lowest BCUT2D eigenvalue weighted by Gasteiger charge is -2.13. The second-order valence-electron chi connectivity index (χ2n) is 6.70. The standard InChI is InChI=1S/C22H24N4O2S/c1-3-16(4-2)20(27)23-18-12-8-11-17(14-18)21(28)24-22-26-25-19(29-22)13-15-9-6-5-7-10-15/h5-12,14,16H,3-4,13H2,1-2H3,(H,23,27)(H,24,26,28). The van der Waals surface area contributed by atoms with Gasteiger partial charge in [-0.05, 0) is 36.6 Å². The van der Waals surface area contributed by atoms with Gasteiger partial charge in [0.2, 0.25) is 11.0 Å². The number of hydrogen-bond acceptors (Lipinski definition) is 5. The van der Waals surface area contributed by atoms with Crippen molar-refractivity contribution >= 4 is 34.0 Å². The minimum Gasteiger partial charge on any atom is -0.326 e. The summed E-state index contributed by atoms with van der Waals surface area (Å²) in [6, 6.07) is 16.9.